The van der Waals surface area contributed by atoms with Crippen LogP contribution in [0.2, 0.25) is 0 Å². The van der Waals surface area contributed by atoms with E-state index < -0.39 is 41.2 Å². The minimum Gasteiger partial charge on any atom is -0.392 e. The van der Waals surface area contributed by atoms with Gasteiger partial charge in [0, 0.05) is 6.04 Å². The molecule has 0 bridgehead atoms. The highest BCUT2D eigenvalue weighted by Gasteiger charge is 2.49. The van der Waals surface area contributed by atoms with Crippen molar-refractivity contribution in [1.29, 1.82) is 0 Å². The van der Waals surface area contributed by atoms with Crippen LogP contribution in [0.15, 0.2) is 42.5 Å². The van der Waals surface area contributed by atoms with Gasteiger partial charge in [-0.1, -0.05) is 18.6 Å². The molecule has 1 amide bonds. The summed E-state index contributed by atoms with van der Waals surface area (Å²) in [4.78, 5) is 14.4. The highest BCUT2D eigenvalue weighted by atomic mass is 19.4. The summed E-state index contributed by atoms with van der Waals surface area (Å²) >= 11 is 0. The Morgan fingerprint density at radius 1 is 0.974 bits per heavy atom. The average Bonchev–Trinajstić information content (AvgIpc) is 3.44. The first-order chi connectivity index (χ1) is 17.6. The van der Waals surface area contributed by atoms with Crippen molar-refractivity contribution in [2.24, 2.45) is 5.92 Å². The van der Waals surface area contributed by atoms with E-state index in [-0.39, 0.29) is 23.8 Å². The number of nitrogens with one attached hydrogen (secondary N) is 1. The second-order valence-electron chi connectivity index (χ2n) is 10.3. The molecule has 1 saturated heterocycles. The number of likely N-dealkylation sites (N-methyl/N-ethyl adjacent to an activating group) is 1. The fourth-order valence-electron chi connectivity index (χ4n) is 5.24. The summed E-state index contributed by atoms with van der Waals surface area (Å²) in [5.41, 5.74) is -2.49. The number of hydrogen-bond acceptors (Lipinski definition) is 3. The quantitative estimate of drug-likeness (QED) is 0.452. The van der Waals surface area contributed by atoms with Crippen molar-refractivity contribution < 1.29 is 40.6 Å². The molecule has 0 aromatic heterocycles. The van der Waals surface area contributed by atoms with Crippen LogP contribution in [0, 0.1) is 11.7 Å². The molecule has 2 aromatic carbocycles. The molecule has 1 heterocycles. The molecule has 2 unspecified atom stereocenters. The Hall–Kier alpha value is -2.66. The Morgan fingerprint density at radius 3 is 1.97 bits per heavy atom. The van der Waals surface area contributed by atoms with E-state index in [1.165, 1.54) is 12.0 Å². The Morgan fingerprint density at radius 2 is 1.53 bits per heavy atom. The highest BCUT2D eigenvalue weighted by molar-refractivity contribution is 5.88. The zero-order valence-electron chi connectivity index (χ0n) is 21.3. The van der Waals surface area contributed by atoms with Gasteiger partial charge in [-0.3, -0.25) is 9.69 Å². The molecule has 1 saturated carbocycles. The fraction of sp³-hybridized carbons (Fsp3) is 0.519. The molecule has 2 aliphatic rings. The second kappa shape index (κ2) is 11.2. The predicted molar refractivity (Wildman–Crippen MR) is 127 cm³/mol. The molecule has 4 atom stereocenters. The van der Waals surface area contributed by atoms with Crippen molar-refractivity contribution in [3.05, 3.63) is 70.5 Å². The van der Waals surface area contributed by atoms with Crippen molar-refractivity contribution in [3.8, 4) is 0 Å². The van der Waals surface area contributed by atoms with Crippen molar-refractivity contribution in [3.63, 3.8) is 0 Å². The van der Waals surface area contributed by atoms with Crippen LogP contribution in [-0.4, -0.2) is 41.6 Å². The predicted octanol–water partition coefficient (Wildman–Crippen LogP) is 6.13. The van der Waals surface area contributed by atoms with Crippen molar-refractivity contribution in [2.45, 2.75) is 69.1 Å². The van der Waals surface area contributed by atoms with Gasteiger partial charge in [-0.05, 0) is 93.6 Å². The lowest BCUT2D eigenvalue weighted by Gasteiger charge is -2.30. The summed E-state index contributed by atoms with van der Waals surface area (Å²) in [6.45, 7) is 1.14. The van der Waals surface area contributed by atoms with Crippen LogP contribution in [0.3, 0.4) is 0 Å². The van der Waals surface area contributed by atoms with Crippen LogP contribution >= 0.6 is 0 Å². The molecule has 38 heavy (non-hydrogen) atoms. The maximum Gasteiger partial charge on any atom is 0.416 e. The molecule has 11 heteroatoms. The van der Waals surface area contributed by atoms with Gasteiger partial charge in [0.25, 0.3) is 0 Å². The van der Waals surface area contributed by atoms with Gasteiger partial charge in [-0.15, -0.1) is 0 Å². The molecule has 2 aromatic rings. The van der Waals surface area contributed by atoms with Gasteiger partial charge in [0.2, 0.25) is 5.91 Å². The number of rotatable bonds is 4. The number of alkyl halides is 6. The van der Waals surface area contributed by atoms with E-state index in [0.717, 1.165) is 19.3 Å². The molecule has 210 valence electrons. The average molecular weight is 549 g/mol. The molecule has 4 rings (SSSR count). The van der Waals surface area contributed by atoms with Crippen LogP contribution in [0.1, 0.15) is 60.8 Å². The lowest BCUT2D eigenvalue weighted by Crippen LogP contribution is -2.47. The Balaban J connectivity index is 0.000000223. The van der Waals surface area contributed by atoms with E-state index in [9.17, 15) is 35.5 Å². The number of halogens is 7. The largest absolute Gasteiger partial charge is 0.416 e. The van der Waals surface area contributed by atoms with Crippen molar-refractivity contribution in [2.75, 3.05) is 14.1 Å². The fourth-order valence-corrected chi connectivity index (χ4v) is 5.24. The van der Waals surface area contributed by atoms with E-state index >= 15 is 0 Å². The standard InChI is InChI=1S/C18H25FN2O.C9H6F6O/c1-18(21(2)3)11-16(20-17(18)22)15-6-4-5-14(15)12-7-9-13(19)10-8-12;10-8(11,12)6-1-5(4-16)2-7(3-6)9(13,14)15/h7-10,14-16H,4-6,11H2,1-3H3,(H,20,22);1-3,16H,4H2/t14?,15?,16-,18-;/m1./s1. The van der Waals surface area contributed by atoms with Crippen LogP contribution < -0.4 is 5.32 Å². The van der Waals surface area contributed by atoms with E-state index in [1.807, 2.05) is 38.1 Å². The number of amides is 1. The summed E-state index contributed by atoms with van der Waals surface area (Å²) < 4.78 is 86.5. The molecular formula is C27H31F7N2O2. The molecule has 1 aliphatic heterocycles. The lowest BCUT2D eigenvalue weighted by molar-refractivity contribution is -0.143. The van der Waals surface area contributed by atoms with Gasteiger partial charge >= 0.3 is 12.4 Å². The number of aliphatic hydroxyl groups is 1. The molecule has 0 spiro atoms. The summed E-state index contributed by atoms with van der Waals surface area (Å²) in [5, 5.41) is 11.8. The summed E-state index contributed by atoms with van der Waals surface area (Å²) in [7, 11) is 3.93. The number of aliphatic hydroxyl groups excluding tert-OH is 1. The monoisotopic (exact) mass is 548 g/mol. The number of carbonyl (C=O) groups excluding carboxylic acids is 1. The van der Waals surface area contributed by atoms with E-state index in [0.29, 0.717) is 24.0 Å². The number of nitrogens with zero attached hydrogens (tertiary/aromatic N) is 1. The lowest BCUT2D eigenvalue weighted by atomic mass is 9.81. The first kappa shape index (κ1) is 29.9. The normalized spacial score (nSPS) is 25.8. The Bertz CT molecular complexity index is 1080. The molecule has 2 N–H and O–H groups in total. The van der Waals surface area contributed by atoms with Crippen molar-refractivity contribution in [1.82, 2.24) is 10.2 Å². The zero-order chi connectivity index (χ0) is 28.5. The number of carbonyl (C=O) groups is 1. The number of hydrogen-bond donors (Lipinski definition) is 2. The third kappa shape index (κ3) is 6.66. The van der Waals surface area contributed by atoms with Crippen molar-refractivity contribution >= 4 is 5.91 Å². The minimum atomic E-state index is -4.87. The summed E-state index contributed by atoms with van der Waals surface area (Å²) in [5.74, 6) is 0.825. The second-order valence-corrected chi connectivity index (χ2v) is 10.3. The molecular weight excluding hydrogens is 517 g/mol. The molecule has 1 aliphatic carbocycles. The molecule has 2 fully saturated rings. The van der Waals surface area contributed by atoms with E-state index in [1.54, 1.807) is 12.1 Å². The van der Waals surface area contributed by atoms with Gasteiger partial charge in [0.1, 0.15) is 5.82 Å². The maximum atomic E-state index is 13.2. The zero-order valence-corrected chi connectivity index (χ0v) is 21.3. The third-order valence-electron chi connectivity index (χ3n) is 7.62. The van der Waals surface area contributed by atoms with E-state index in [4.69, 9.17) is 5.11 Å². The van der Waals surface area contributed by atoms with Gasteiger partial charge < -0.3 is 10.4 Å². The van der Waals surface area contributed by atoms with Gasteiger partial charge in [-0.2, -0.15) is 26.3 Å². The van der Waals surface area contributed by atoms with E-state index in [2.05, 4.69) is 5.32 Å². The van der Waals surface area contributed by atoms with Crippen LogP contribution in [0.25, 0.3) is 0 Å². The Labute approximate surface area is 216 Å². The Kier molecular flexibility index (Phi) is 8.82. The maximum absolute atomic E-state index is 13.2. The molecule has 0 radical (unpaired) electrons. The molecule has 4 nitrogen and oxygen atoms in total. The smallest absolute Gasteiger partial charge is 0.392 e. The first-order valence-electron chi connectivity index (χ1n) is 12.2. The minimum absolute atomic E-state index is 0.0131. The summed E-state index contributed by atoms with van der Waals surface area (Å²) in [6.07, 6.45) is -5.45. The topological polar surface area (TPSA) is 52.6 Å². The van der Waals surface area contributed by atoms with Gasteiger partial charge in [0.15, 0.2) is 0 Å². The van der Waals surface area contributed by atoms with Crippen LogP contribution in [0.5, 0.6) is 0 Å². The summed E-state index contributed by atoms with van der Waals surface area (Å²) in [6, 6.07) is 8.09. The van der Waals surface area contributed by atoms with Gasteiger partial charge in [-0.25, -0.2) is 4.39 Å². The third-order valence-corrected chi connectivity index (χ3v) is 7.62. The number of benzene rings is 2. The highest BCUT2D eigenvalue weighted by Crippen LogP contribution is 2.45. The van der Waals surface area contributed by atoms with Crippen LogP contribution in [0.4, 0.5) is 30.7 Å². The first-order valence-corrected chi connectivity index (χ1v) is 12.2. The van der Waals surface area contributed by atoms with Gasteiger partial charge in [0.05, 0.1) is 23.3 Å². The van der Waals surface area contributed by atoms with Crippen LogP contribution in [-0.2, 0) is 23.8 Å². The SMILES string of the molecule is CN(C)[C@]1(C)C[C@H](C2CCCC2c2ccc(F)cc2)NC1=O.OCc1cc(C(F)(F)F)cc(C(F)(F)F)c1.